The highest BCUT2D eigenvalue weighted by atomic mass is 35.5. The molecule has 0 radical (unpaired) electrons. The molecule has 0 amide bonds. The van der Waals surface area contributed by atoms with Crippen LogP contribution < -0.4 is 10.3 Å². The lowest BCUT2D eigenvalue weighted by molar-refractivity contribution is 0.400. The van der Waals surface area contributed by atoms with Gasteiger partial charge in [-0.2, -0.15) is 0 Å². The molecule has 0 aliphatic rings. The van der Waals surface area contributed by atoms with Crippen molar-refractivity contribution in [3.8, 4) is 5.75 Å². The van der Waals surface area contributed by atoms with Gasteiger partial charge in [0.05, 0.1) is 20.0 Å². The first-order valence-electron chi connectivity index (χ1n) is 5.26. The van der Waals surface area contributed by atoms with Gasteiger partial charge in [-0.3, -0.25) is 9.36 Å². The van der Waals surface area contributed by atoms with Gasteiger partial charge in [-0.25, -0.2) is 13.8 Å². The fourth-order valence-electron chi connectivity index (χ4n) is 1.59. The van der Waals surface area contributed by atoms with Crippen LogP contribution in [-0.2, 0) is 6.54 Å². The van der Waals surface area contributed by atoms with Gasteiger partial charge < -0.3 is 4.74 Å². The molecule has 0 fully saturated rings. The van der Waals surface area contributed by atoms with Crippen LogP contribution in [0.25, 0.3) is 0 Å². The maximum Gasteiger partial charge on any atom is 0.297 e. The van der Waals surface area contributed by atoms with Gasteiger partial charge in [0.1, 0.15) is 0 Å². The number of methoxy groups -OCH3 is 1. The third-order valence-electron chi connectivity index (χ3n) is 2.53. The molecule has 0 unspecified atom stereocenters. The summed E-state index contributed by atoms with van der Waals surface area (Å²) in [4.78, 5) is 15.7. The Morgan fingerprint density at radius 3 is 2.84 bits per heavy atom. The van der Waals surface area contributed by atoms with Gasteiger partial charge >= 0.3 is 0 Å². The molecule has 7 heteroatoms. The van der Waals surface area contributed by atoms with Crippen molar-refractivity contribution in [2.24, 2.45) is 0 Å². The highest BCUT2D eigenvalue weighted by Crippen LogP contribution is 2.16. The van der Waals surface area contributed by atoms with Crippen LogP contribution in [0.3, 0.4) is 0 Å². The van der Waals surface area contributed by atoms with E-state index in [1.165, 1.54) is 19.2 Å². The Kier molecular flexibility index (Phi) is 3.80. The third-order valence-corrected chi connectivity index (χ3v) is 2.80. The second-order valence-corrected chi connectivity index (χ2v) is 4.07. The van der Waals surface area contributed by atoms with Crippen LogP contribution in [0.5, 0.6) is 5.75 Å². The predicted octanol–water partition coefficient (Wildman–Crippen LogP) is 2.23. The van der Waals surface area contributed by atoms with E-state index < -0.39 is 17.2 Å². The highest BCUT2D eigenvalue weighted by molar-refractivity contribution is 6.30. The van der Waals surface area contributed by atoms with Gasteiger partial charge in [0.25, 0.3) is 5.56 Å². The number of rotatable bonds is 3. The maximum absolute atomic E-state index is 13.5. The Morgan fingerprint density at radius 2 is 2.16 bits per heavy atom. The van der Waals surface area contributed by atoms with Crippen molar-refractivity contribution in [3.05, 3.63) is 57.2 Å². The molecule has 0 bridgehead atoms. The topological polar surface area (TPSA) is 44.1 Å². The molecule has 1 heterocycles. The molecule has 0 aliphatic carbocycles. The number of ether oxygens (including phenoxy) is 1. The lowest BCUT2D eigenvalue weighted by Crippen LogP contribution is -2.23. The average Bonchev–Trinajstić information content (AvgIpc) is 2.39. The van der Waals surface area contributed by atoms with Crippen LogP contribution in [0.1, 0.15) is 5.56 Å². The zero-order valence-corrected chi connectivity index (χ0v) is 10.6. The quantitative estimate of drug-likeness (QED) is 0.813. The average molecular weight is 287 g/mol. The molecule has 2 aromatic rings. The van der Waals surface area contributed by atoms with E-state index in [0.29, 0.717) is 0 Å². The predicted molar refractivity (Wildman–Crippen MR) is 65.5 cm³/mol. The van der Waals surface area contributed by atoms with E-state index in [9.17, 15) is 13.6 Å². The van der Waals surface area contributed by atoms with E-state index in [1.54, 1.807) is 0 Å². The molecule has 1 aromatic heterocycles. The van der Waals surface area contributed by atoms with E-state index in [4.69, 9.17) is 16.3 Å². The number of benzene rings is 1. The second-order valence-electron chi connectivity index (χ2n) is 3.71. The molecule has 1 aromatic carbocycles. The van der Waals surface area contributed by atoms with Crippen molar-refractivity contribution in [2.75, 3.05) is 7.11 Å². The number of hydrogen-bond acceptors (Lipinski definition) is 3. The molecule has 19 heavy (non-hydrogen) atoms. The van der Waals surface area contributed by atoms with E-state index in [2.05, 4.69) is 4.98 Å². The fourth-order valence-corrected chi connectivity index (χ4v) is 1.79. The minimum absolute atomic E-state index is 0.0354. The Morgan fingerprint density at radius 1 is 1.42 bits per heavy atom. The van der Waals surface area contributed by atoms with Crippen molar-refractivity contribution in [1.82, 2.24) is 9.55 Å². The summed E-state index contributed by atoms with van der Waals surface area (Å²) in [6.07, 6.45) is 1.15. The molecule has 0 saturated heterocycles. The standard InChI is InChI=1S/C12H9ClF2N2O2/c1-19-10-11(13)16-6-17(12(10)18)5-7-3-2-4-8(14)9(7)15/h2-4,6H,5H2,1H3. The summed E-state index contributed by atoms with van der Waals surface area (Å²) >= 11 is 5.68. The first kappa shape index (κ1) is 13.5. The van der Waals surface area contributed by atoms with Crippen molar-refractivity contribution >= 4 is 11.6 Å². The summed E-state index contributed by atoms with van der Waals surface area (Å²) in [6, 6.07) is 3.74. The van der Waals surface area contributed by atoms with Crippen LogP contribution in [-0.4, -0.2) is 16.7 Å². The first-order valence-corrected chi connectivity index (χ1v) is 5.64. The van der Waals surface area contributed by atoms with Gasteiger partial charge in [-0.15, -0.1) is 0 Å². The molecule has 0 saturated carbocycles. The summed E-state index contributed by atoms with van der Waals surface area (Å²) < 4.78 is 32.5. The first-order chi connectivity index (χ1) is 9.04. The number of nitrogens with zero attached hydrogens (tertiary/aromatic N) is 2. The molecule has 0 spiro atoms. The van der Waals surface area contributed by atoms with E-state index in [1.807, 2.05) is 0 Å². The van der Waals surface area contributed by atoms with Crippen LogP contribution in [0.15, 0.2) is 29.3 Å². The zero-order valence-electron chi connectivity index (χ0n) is 9.86. The monoisotopic (exact) mass is 286 g/mol. The minimum Gasteiger partial charge on any atom is -0.489 e. The molecular formula is C12H9ClF2N2O2. The Hall–Kier alpha value is -1.95. The molecule has 4 nitrogen and oxygen atoms in total. The van der Waals surface area contributed by atoms with Gasteiger partial charge in [-0.05, 0) is 6.07 Å². The van der Waals surface area contributed by atoms with E-state index >= 15 is 0 Å². The van der Waals surface area contributed by atoms with Crippen molar-refractivity contribution in [2.45, 2.75) is 6.54 Å². The minimum atomic E-state index is -0.997. The summed E-state index contributed by atoms with van der Waals surface area (Å²) in [5.41, 5.74) is -0.528. The zero-order chi connectivity index (χ0) is 14.0. The smallest absolute Gasteiger partial charge is 0.297 e. The Bertz CT molecular complexity index is 673. The van der Waals surface area contributed by atoms with Crippen molar-refractivity contribution in [1.29, 1.82) is 0 Å². The van der Waals surface area contributed by atoms with Crippen molar-refractivity contribution in [3.63, 3.8) is 0 Å². The van der Waals surface area contributed by atoms with Gasteiger partial charge in [-0.1, -0.05) is 23.7 Å². The molecule has 0 N–H and O–H groups in total. The molecular weight excluding hydrogens is 278 g/mol. The normalized spacial score (nSPS) is 10.5. The summed E-state index contributed by atoms with van der Waals surface area (Å²) in [7, 11) is 1.28. The SMILES string of the molecule is COc1c(Cl)ncn(Cc2cccc(F)c2F)c1=O. The summed E-state index contributed by atoms with van der Waals surface area (Å²) in [5, 5.41) is -0.0801. The third kappa shape index (κ3) is 2.58. The van der Waals surface area contributed by atoms with Gasteiger partial charge in [0.15, 0.2) is 16.8 Å². The largest absolute Gasteiger partial charge is 0.489 e. The molecule has 2 rings (SSSR count). The van der Waals surface area contributed by atoms with Crippen LogP contribution in [0.4, 0.5) is 8.78 Å². The van der Waals surface area contributed by atoms with Crippen LogP contribution in [0.2, 0.25) is 5.15 Å². The lowest BCUT2D eigenvalue weighted by Gasteiger charge is -2.09. The summed E-state index contributed by atoms with van der Waals surface area (Å²) in [6.45, 7) is -0.164. The van der Waals surface area contributed by atoms with Crippen LogP contribution >= 0.6 is 11.6 Å². The summed E-state index contributed by atoms with van der Waals surface area (Å²) in [5.74, 6) is -2.11. The molecule has 100 valence electrons. The Labute approximate surface area is 112 Å². The van der Waals surface area contributed by atoms with Gasteiger partial charge in [0, 0.05) is 5.56 Å². The maximum atomic E-state index is 13.5. The Balaban J connectivity index is 2.45. The van der Waals surface area contributed by atoms with Crippen molar-refractivity contribution < 1.29 is 13.5 Å². The highest BCUT2D eigenvalue weighted by Gasteiger charge is 2.13. The number of aromatic nitrogens is 2. The number of hydrogen-bond donors (Lipinski definition) is 0. The molecule has 0 atom stereocenters. The molecule has 0 aliphatic heterocycles. The number of halogens is 3. The van der Waals surface area contributed by atoms with Gasteiger partial charge in [0.2, 0.25) is 5.75 Å². The lowest BCUT2D eigenvalue weighted by atomic mass is 10.2. The van der Waals surface area contributed by atoms with Crippen LogP contribution in [0, 0.1) is 11.6 Å². The van der Waals surface area contributed by atoms with E-state index in [0.717, 1.165) is 17.0 Å². The second kappa shape index (κ2) is 5.36. The fraction of sp³-hybridized carbons (Fsp3) is 0.167. The van der Waals surface area contributed by atoms with E-state index in [-0.39, 0.29) is 23.0 Å².